The van der Waals surface area contributed by atoms with Gasteiger partial charge < -0.3 is 9.84 Å². The second-order valence-electron chi connectivity index (χ2n) is 2.95. The van der Waals surface area contributed by atoms with E-state index in [9.17, 15) is 5.11 Å². The number of hydrogen-bond donors (Lipinski definition) is 1. The molecule has 0 aromatic heterocycles. The minimum Gasteiger partial charge on any atom is -0.490 e. The average Bonchev–Trinajstić information content (AvgIpc) is 2.16. The fraction of sp³-hybridized carbons (Fsp3) is 0.400. The van der Waals surface area contributed by atoms with Gasteiger partial charge in [0, 0.05) is 4.47 Å². The first-order chi connectivity index (χ1) is 6.63. The first-order valence-electron chi connectivity index (χ1n) is 4.39. The average molecular weight is 324 g/mol. The summed E-state index contributed by atoms with van der Waals surface area (Å²) in [6.07, 6.45) is 0.305. The summed E-state index contributed by atoms with van der Waals surface area (Å²) < 4.78 is 7.30. The number of rotatable bonds is 4. The van der Waals surface area contributed by atoms with Gasteiger partial charge in [0.2, 0.25) is 0 Å². The molecule has 1 unspecified atom stereocenters. The molecule has 4 heteroatoms. The van der Waals surface area contributed by atoms with Gasteiger partial charge in [0.05, 0.1) is 10.6 Å². The zero-order valence-electron chi connectivity index (χ0n) is 7.84. The molecule has 0 bridgehead atoms. The zero-order chi connectivity index (χ0) is 10.6. The van der Waals surface area contributed by atoms with E-state index in [1.54, 1.807) is 0 Å². The minimum absolute atomic E-state index is 0.330. The third-order valence-electron chi connectivity index (χ3n) is 1.80. The molecule has 2 nitrogen and oxygen atoms in total. The molecule has 0 saturated heterocycles. The van der Waals surface area contributed by atoms with E-state index in [-0.39, 0.29) is 0 Å². The molecule has 0 saturated carbocycles. The topological polar surface area (TPSA) is 29.5 Å². The monoisotopic (exact) mass is 322 g/mol. The SMILES string of the molecule is CCC(O)COc1ccc(Br)cc1Br. The smallest absolute Gasteiger partial charge is 0.133 e. The lowest BCUT2D eigenvalue weighted by Crippen LogP contribution is -2.16. The third kappa shape index (κ3) is 3.59. The quantitative estimate of drug-likeness (QED) is 0.920. The first kappa shape index (κ1) is 12.0. The van der Waals surface area contributed by atoms with Crippen molar-refractivity contribution < 1.29 is 9.84 Å². The number of ether oxygens (including phenoxy) is 1. The highest BCUT2D eigenvalue weighted by molar-refractivity contribution is 9.11. The normalized spacial score (nSPS) is 12.6. The van der Waals surface area contributed by atoms with Crippen LogP contribution in [-0.2, 0) is 0 Å². The van der Waals surface area contributed by atoms with Crippen LogP contribution in [0.5, 0.6) is 5.75 Å². The van der Waals surface area contributed by atoms with E-state index >= 15 is 0 Å². The van der Waals surface area contributed by atoms with Crippen LogP contribution in [0, 0.1) is 0 Å². The summed E-state index contributed by atoms with van der Waals surface area (Å²) in [5, 5.41) is 9.32. The molecule has 1 atom stereocenters. The highest BCUT2D eigenvalue weighted by atomic mass is 79.9. The van der Waals surface area contributed by atoms with Gasteiger partial charge in [-0.1, -0.05) is 22.9 Å². The van der Waals surface area contributed by atoms with Crippen LogP contribution in [0.4, 0.5) is 0 Å². The zero-order valence-corrected chi connectivity index (χ0v) is 11.0. The molecule has 0 aliphatic carbocycles. The maximum Gasteiger partial charge on any atom is 0.133 e. The third-order valence-corrected chi connectivity index (χ3v) is 2.91. The Morgan fingerprint density at radius 2 is 2.14 bits per heavy atom. The van der Waals surface area contributed by atoms with Crippen LogP contribution in [0.25, 0.3) is 0 Å². The molecular formula is C10H12Br2O2. The Morgan fingerprint density at radius 3 is 2.71 bits per heavy atom. The first-order valence-corrected chi connectivity index (χ1v) is 5.98. The number of aliphatic hydroxyl groups excluding tert-OH is 1. The summed E-state index contributed by atoms with van der Waals surface area (Å²) in [6, 6.07) is 5.67. The van der Waals surface area contributed by atoms with Crippen LogP contribution < -0.4 is 4.74 Å². The highest BCUT2D eigenvalue weighted by Gasteiger charge is 2.05. The van der Waals surface area contributed by atoms with E-state index in [4.69, 9.17) is 4.74 Å². The standard InChI is InChI=1S/C10H12Br2O2/c1-2-8(13)6-14-10-4-3-7(11)5-9(10)12/h3-5,8,13H,2,6H2,1H3. The number of halogens is 2. The van der Waals surface area contributed by atoms with Crippen molar-refractivity contribution in [1.82, 2.24) is 0 Å². The van der Waals surface area contributed by atoms with Crippen LogP contribution in [0.1, 0.15) is 13.3 Å². The summed E-state index contributed by atoms with van der Waals surface area (Å²) in [6.45, 7) is 2.25. The Labute approximate surface area is 101 Å². The molecule has 0 aliphatic heterocycles. The van der Waals surface area contributed by atoms with Crippen molar-refractivity contribution in [1.29, 1.82) is 0 Å². The van der Waals surface area contributed by atoms with Gasteiger partial charge in [0.25, 0.3) is 0 Å². The van der Waals surface area contributed by atoms with Gasteiger partial charge in [-0.05, 0) is 40.5 Å². The van der Waals surface area contributed by atoms with Crippen LogP contribution in [0.3, 0.4) is 0 Å². The van der Waals surface area contributed by atoms with E-state index in [0.29, 0.717) is 13.0 Å². The summed E-state index contributed by atoms with van der Waals surface area (Å²) in [4.78, 5) is 0. The van der Waals surface area contributed by atoms with E-state index in [2.05, 4.69) is 31.9 Å². The molecule has 1 aromatic rings. The predicted octanol–water partition coefficient (Wildman–Crippen LogP) is 3.36. The summed E-state index contributed by atoms with van der Waals surface area (Å²) in [5.41, 5.74) is 0. The van der Waals surface area contributed by atoms with Crippen LogP contribution in [-0.4, -0.2) is 17.8 Å². The van der Waals surface area contributed by atoms with Crippen LogP contribution >= 0.6 is 31.9 Å². The lowest BCUT2D eigenvalue weighted by Gasteiger charge is -2.11. The fourth-order valence-corrected chi connectivity index (χ4v) is 2.06. The van der Waals surface area contributed by atoms with E-state index in [1.807, 2.05) is 25.1 Å². The molecule has 0 fully saturated rings. The molecular weight excluding hydrogens is 312 g/mol. The summed E-state index contributed by atoms with van der Waals surface area (Å²) in [5.74, 6) is 0.751. The maximum atomic E-state index is 9.32. The van der Waals surface area contributed by atoms with Gasteiger partial charge in [-0.2, -0.15) is 0 Å². The van der Waals surface area contributed by atoms with Crippen molar-refractivity contribution in [2.45, 2.75) is 19.4 Å². The molecule has 14 heavy (non-hydrogen) atoms. The summed E-state index contributed by atoms with van der Waals surface area (Å²) in [7, 11) is 0. The van der Waals surface area contributed by atoms with E-state index in [1.165, 1.54) is 0 Å². The van der Waals surface area contributed by atoms with Crippen molar-refractivity contribution in [3.05, 3.63) is 27.1 Å². The maximum absolute atomic E-state index is 9.32. The minimum atomic E-state index is -0.398. The van der Waals surface area contributed by atoms with Gasteiger partial charge in [-0.15, -0.1) is 0 Å². The Kier molecular flexibility index (Phi) is 4.92. The van der Waals surface area contributed by atoms with E-state index < -0.39 is 6.10 Å². The number of hydrogen-bond acceptors (Lipinski definition) is 2. The molecule has 1 aromatic carbocycles. The Morgan fingerprint density at radius 1 is 1.43 bits per heavy atom. The van der Waals surface area contributed by atoms with Gasteiger partial charge >= 0.3 is 0 Å². The molecule has 0 aliphatic rings. The Bertz CT molecular complexity index is 302. The molecule has 1 N–H and O–H groups in total. The lowest BCUT2D eigenvalue weighted by atomic mass is 10.3. The van der Waals surface area contributed by atoms with Gasteiger partial charge in [0.15, 0.2) is 0 Å². The molecule has 0 spiro atoms. The fourth-order valence-electron chi connectivity index (χ4n) is 0.896. The highest BCUT2D eigenvalue weighted by Crippen LogP contribution is 2.28. The second-order valence-corrected chi connectivity index (χ2v) is 4.72. The van der Waals surface area contributed by atoms with Crippen molar-refractivity contribution >= 4 is 31.9 Å². The van der Waals surface area contributed by atoms with Gasteiger partial charge in [-0.25, -0.2) is 0 Å². The van der Waals surface area contributed by atoms with E-state index in [0.717, 1.165) is 14.7 Å². The van der Waals surface area contributed by atoms with Crippen molar-refractivity contribution in [3.8, 4) is 5.75 Å². The molecule has 0 radical (unpaired) electrons. The van der Waals surface area contributed by atoms with Crippen molar-refractivity contribution in [2.24, 2.45) is 0 Å². The van der Waals surface area contributed by atoms with Crippen molar-refractivity contribution in [3.63, 3.8) is 0 Å². The van der Waals surface area contributed by atoms with Crippen molar-refractivity contribution in [2.75, 3.05) is 6.61 Å². The van der Waals surface area contributed by atoms with Crippen LogP contribution in [0.15, 0.2) is 27.1 Å². The Balaban J connectivity index is 2.59. The lowest BCUT2D eigenvalue weighted by molar-refractivity contribution is 0.104. The molecule has 0 heterocycles. The summed E-state index contributed by atoms with van der Waals surface area (Å²) >= 11 is 6.74. The Hall–Kier alpha value is -0.0600. The van der Waals surface area contributed by atoms with Gasteiger partial charge in [0.1, 0.15) is 12.4 Å². The predicted molar refractivity (Wildman–Crippen MR) is 63.6 cm³/mol. The number of aliphatic hydroxyl groups is 1. The second kappa shape index (κ2) is 5.73. The largest absolute Gasteiger partial charge is 0.490 e. The van der Waals surface area contributed by atoms with Gasteiger partial charge in [-0.3, -0.25) is 0 Å². The number of benzene rings is 1. The molecule has 0 amide bonds. The van der Waals surface area contributed by atoms with Crippen LogP contribution in [0.2, 0.25) is 0 Å². The molecule has 1 rings (SSSR count). The molecule has 78 valence electrons.